The minimum absolute atomic E-state index is 0.0655. The molecule has 128 valence electrons. The lowest BCUT2D eigenvalue weighted by atomic mass is 10.1. The van der Waals surface area contributed by atoms with Gasteiger partial charge in [-0.05, 0) is 36.1 Å². The summed E-state index contributed by atoms with van der Waals surface area (Å²) in [5, 5.41) is 3.22. The number of aromatic nitrogens is 1. The van der Waals surface area contributed by atoms with Crippen LogP contribution in [0.4, 0.5) is 5.82 Å². The molecule has 1 aliphatic carbocycles. The maximum atomic E-state index is 12.5. The Balaban J connectivity index is 1.46. The first-order chi connectivity index (χ1) is 12.1. The van der Waals surface area contributed by atoms with Crippen molar-refractivity contribution in [3.8, 4) is 0 Å². The maximum Gasteiger partial charge on any atom is 0.252 e. The third kappa shape index (κ3) is 2.95. The van der Waals surface area contributed by atoms with Gasteiger partial charge in [0.15, 0.2) is 0 Å². The van der Waals surface area contributed by atoms with E-state index >= 15 is 0 Å². The van der Waals surface area contributed by atoms with E-state index in [0.717, 1.165) is 12.8 Å². The van der Waals surface area contributed by atoms with E-state index in [1.54, 1.807) is 18.3 Å². The molecule has 2 aliphatic rings. The minimum atomic E-state index is -0.525. The minimum Gasteiger partial charge on any atom is -0.365 e. The summed E-state index contributed by atoms with van der Waals surface area (Å²) in [5.74, 6) is 0.0687. The molecule has 2 aromatic rings. The van der Waals surface area contributed by atoms with Crippen molar-refractivity contribution in [3.05, 3.63) is 59.3 Å². The van der Waals surface area contributed by atoms with Gasteiger partial charge in [-0.15, -0.1) is 0 Å². The van der Waals surface area contributed by atoms with E-state index in [1.165, 1.54) is 11.1 Å². The van der Waals surface area contributed by atoms with Gasteiger partial charge >= 0.3 is 0 Å². The SMILES string of the molecule is NC(=O)c1cccnc1NC1CC(=O)N(C2Cc3ccccc3C2)C1. The highest BCUT2D eigenvalue weighted by Crippen LogP contribution is 2.29. The summed E-state index contributed by atoms with van der Waals surface area (Å²) in [5.41, 5.74) is 8.41. The second-order valence-electron chi connectivity index (χ2n) is 6.69. The number of primary amides is 1. The Bertz CT molecular complexity index is 811. The number of hydrogen-bond acceptors (Lipinski definition) is 4. The van der Waals surface area contributed by atoms with Crippen LogP contribution in [0.5, 0.6) is 0 Å². The molecule has 1 aliphatic heterocycles. The molecule has 0 radical (unpaired) electrons. The molecular weight excluding hydrogens is 316 g/mol. The zero-order valence-electron chi connectivity index (χ0n) is 13.8. The van der Waals surface area contributed by atoms with Crippen LogP contribution in [0.15, 0.2) is 42.6 Å². The van der Waals surface area contributed by atoms with Gasteiger partial charge in [-0.2, -0.15) is 0 Å². The third-order valence-corrected chi connectivity index (χ3v) is 5.04. The lowest BCUT2D eigenvalue weighted by molar-refractivity contribution is -0.129. The highest BCUT2D eigenvalue weighted by Gasteiger charge is 2.37. The number of nitrogens with zero attached hydrogens (tertiary/aromatic N) is 2. The Morgan fingerprint density at radius 2 is 1.84 bits per heavy atom. The van der Waals surface area contributed by atoms with Crippen molar-refractivity contribution >= 4 is 17.6 Å². The number of nitrogens with two attached hydrogens (primary N) is 1. The molecule has 6 nitrogen and oxygen atoms in total. The fourth-order valence-corrected chi connectivity index (χ4v) is 3.85. The van der Waals surface area contributed by atoms with Gasteiger partial charge in [0.05, 0.1) is 11.6 Å². The van der Waals surface area contributed by atoms with Crippen molar-refractivity contribution in [2.24, 2.45) is 5.73 Å². The van der Waals surface area contributed by atoms with Gasteiger partial charge in [0.1, 0.15) is 5.82 Å². The number of pyridine rings is 1. The fourth-order valence-electron chi connectivity index (χ4n) is 3.85. The molecule has 0 bridgehead atoms. The predicted octanol–water partition coefficient (Wildman–Crippen LogP) is 1.36. The second kappa shape index (κ2) is 6.20. The Labute approximate surface area is 146 Å². The summed E-state index contributed by atoms with van der Waals surface area (Å²) in [6.07, 6.45) is 3.83. The Hall–Kier alpha value is -2.89. The average Bonchev–Trinajstić information content (AvgIpc) is 3.18. The topological polar surface area (TPSA) is 88.3 Å². The standard InChI is InChI=1S/C19H20N4O2/c20-18(25)16-6-3-7-21-19(16)22-14-10-17(24)23(11-14)15-8-12-4-1-2-5-13(12)9-15/h1-7,14-15H,8-11H2,(H2,20,25)(H,21,22). The zero-order chi connectivity index (χ0) is 17.4. The molecule has 1 atom stereocenters. The highest BCUT2D eigenvalue weighted by atomic mass is 16.2. The third-order valence-electron chi connectivity index (χ3n) is 5.04. The first-order valence-corrected chi connectivity index (χ1v) is 8.49. The summed E-state index contributed by atoms with van der Waals surface area (Å²) < 4.78 is 0. The molecule has 25 heavy (non-hydrogen) atoms. The summed E-state index contributed by atoms with van der Waals surface area (Å²) in [6, 6.07) is 11.8. The number of rotatable bonds is 4. The molecule has 1 saturated heterocycles. The molecule has 2 amide bonds. The van der Waals surface area contributed by atoms with Gasteiger partial charge in [-0.3, -0.25) is 9.59 Å². The maximum absolute atomic E-state index is 12.5. The number of fused-ring (bicyclic) bond motifs is 1. The number of likely N-dealkylation sites (tertiary alicyclic amines) is 1. The highest BCUT2D eigenvalue weighted by molar-refractivity contribution is 5.97. The Morgan fingerprint density at radius 3 is 2.52 bits per heavy atom. The van der Waals surface area contributed by atoms with E-state index in [1.807, 2.05) is 17.0 Å². The van der Waals surface area contributed by atoms with E-state index in [-0.39, 0.29) is 18.0 Å². The van der Waals surface area contributed by atoms with E-state index in [9.17, 15) is 9.59 Å². The first-order valence-electron chi connectivity index (χ1n) is 8.49. The molecule has 1 fully saturated rings. The molecule has 4 rings (SSSR count). The number of nitrogens with one attached hydrogen (secondary N) is 1. The van der Waals surface area contributed by atoms with E-state index < -0.39 is 5.91 Å². The number of anilines is 1. The smallest absolute Gasteiger partial charge is 0.252 e. The van der Waals surface area contributed by atoms with Crippen LogP contribution in [0, 0.1) is 0 Å². The van der Waals surface area contributed by atoms with Gasteiger partial charge in [0.2, 0.25) is 5.91 Å². The van der Waals surface area contributed by atoms with Gasteiger partial charge < -0.3 is 16.0 Å². The molecule has 2 heterocycles. The number of amides is 2. The molecule has 1 unspecified atom stereocenters. The largest absolute Gasteiger partial charge is 0.365 e. The number of carbonyl (C=O) groups is 2. The average molecular weight is 336 g/mol. The molecule has 1 aromatic carbocycles. The predicted molar refractivity (Wildman–Crippen MR) is 94.1 cm³/mol. The van der Waals surface area contributed by atoms with Crippen LogP contribution in [0.2, 0.25) is 0 Å². The molecule has 0 saturated carbocycles. The van der Waals surface area contributed by atoms with Gasteiger partial charge in [-0.25, -0.2) is 4.98 Å². The fraction of sp³-hybridized carbons (Fsp3) is 0.316. The van der Waals surface area contributed by atoms with E-state index in [2.05, 4.69) is 22.4 Å². The molecule has 0 spiro atoms. The van der Waals surface area contributed by atoms with Crippen molar-refractivity contribution in [2.45, 2.75) is 31.3 Å². The van der Waals surface area contributed by atoms with Crippen LogP contribution in [-0.2, 0) is 17.6 Å². The summed E-state index contributed by atoms with van der Waals surface area (Å²) >= 11 is 0. The van der Waals surface area contributed by atoms with Crippen LogP contribution in [0.3, 0.4) is 0 Å². The van der Waals surface area contributed by atoms with Crippen molar-refractivity contribution in [3.63, 3.8) is 0 Å². The van der Waals surface area contributed by atoms with Crippen LogP contribution < -0.4 is 11.1 Å². The van der Waals surface area contributed by atoms with Crippen LogP contribution in [0.1, 0.15) is 27.9 Å². The van der Waals surface area contributed by atoms with Crippen molar-refractivity contribution in [2.75, 3.05) is 11.9 Å². The summed E-state index contributed by atoms with van der Waals surface area (Å²) in [4.78, 5) is 30.2. The zero-order valence-corrected chi connectivity index (χ0v) is 13.8. The summed E-state index contributed by atoms with van der Waals surface area (Å²) in [6.45, 7) is 0.617. The molecule has 6 heteroatoms. The Morgan fingerprint density at radius 1 is 1.12 bits per heavy atom. The number of hydrogen-bond donors (Lipinski definition) is 2. The normalized spacial score (nSPS) is 19.9. The monoisotopic (exact) mass is 336 g/mol. The molecule has 3 N–H and O–H groups in total. The van der Waals surface area contributed by atoms with E-state index in [4.69, 9.17) is 5.73 Å². The molecule has 1 aromatic heterocycles. The number of carbonyl (C=O) groups excluding carboxylic acids is 2. The van der Waals surface area contributed by atoms with Crippen molar-refractivity contribution in [1.29, 1.82) is 0 Å². The van der Waals surface area contributed by atoms with Crippen LogP contribution in [-0.4, -0.2) is 40.3 Å². The van der Waals surface area contributed by atoms with Crippen LogP contribution >= 0.6 is 0 Å². The Kier molecular flexibility index (Phi) is 3.87. The summed E-state index contributed by atoms with van der Waals surface area (Å²) in [7, 11) is 0. The second-order valence-corrected chi connectivity index (χ2v) is 6.69. The van der Waals surface area contributed by atoms with Gasteiger partial charge in [0, 0.05) is 25.2 Å². The number of benzene rings is 1. The van der Waals surface area contributed by atoms with Gasteiger partial charge in [0.25, 0.3) is 5.91 Å². The van der Waals surface area contributed by atoms with Crippen molar-refractivity contribution in [1.82, 2.24) is 9.88 Å². The quantitative estimate of drug-likeness (QED) is 0.882. The lowest BCUT2D eigenvalue weighted by Gasteiger charge is -2.24. The van der Waals surface area contributed by atoms with E-state index in [0.29, 0.717) is 24.3 Å². The van der Waals surface area contributed by atoms with Crippen LogP contribution in [0.25, 0.3) is 0 Å². The lowest BCUT2D eigenvalue weighted by Crippen LogP contribution is -2.38. The van der Waals surface area contributed by atoms with Gasteiger partial charge in [-0.1, -0.05) is 24.3 Å². The molecular formula is C19H20N4O2. The first kappa shape index (κ1) is 15.6. The van der Waals surface area contributed by atoms with Crippen molar-refractivity contribution < 1.29 is 9.59 Å².